The van der Waals surface area contributed by atoms with Crippen LogP contribution in [-0.2, 0) is 4.79 Å². The van der Waals surface area contributed by atoms with Crippen molar-refractivity contribution < 1.29 is 9.32 Å². The average Bonchev–Trinajstić information content (AvgIpc) is 3.13. The molecule has 26 heavy (non-hydrogen) atoms. The summed E-state index contributed by atoms with van der Waals surface area (Å²) in [5.74, 6) is 1.90. The third kappa shape index (κ3) is 4.83. The van der Waals surface area contributed by atoms with Gasteiger partial charge in [0.1, 0.15) is 0 Å². The van der Waals surface area contributed by atoms with E-state index in [1.165, 1.54) is 0 Å². The molecular formula is C19H25ClN4O2. The first-order valence-corrected chi connectivity index (χ1v) is 9.50. The minimum absolute atomic E-state index is 0.0291. The van der Waals surface area contributed by atoms with E-state index in [0.29, 0.717) is 35.0 Å². The molecule has 0 aliphatic carbocycles. The van der Waals surface area contributed by atoms with E-state index in [4.69, 9.17) is 16.1 Å². The Labute approximate surface area is 158 Å². The van der Waals surface area contributed by atoms with Crippen LogP contribution in [0.15, 0.2) is 28.8 Å². The van der Waals surface area contributed by atoms with Gasteiger partial charge in [-0.3, -0.25) is 4.79 Å². The molecular weight excluding hydrogens is 352 g/mol. The summed E-state index contributed by atoms with van der Waals surface area (Å²) in [4.78, 5) is 16.8. The van der Waals surface area contributed by atoms with Gasteiger partial charge in [-0.1, -0.05) is 23.7 Å². The Bertz CT molecular complexity index is 725. The summed E-state index contributed by atoms with van der Waals surface area (Å²) < 4.78 is 5.31. The fourth-order valence-corrected chi connectivity index (χ4v) is 3.48. The zero-order valence-electron chi connectivity index (χ0n) is 15.2. The minimum atomic E-state index is -0.299. The number of nitrogens with one attached hydrogen (secondary N) is 2. The average molecular weight is 377 g/mol. The van der Waals surface area contributed by atoms with Gasteiger partial charge in [-0.15, -0.1) is 0 Å². The SMILES string of the molecule is CC(NC(=O)CC(C)C1CCNCC1)c1noc(-c2ccc(Cl)cc2)n1. The summed E-state index contributed by atoms with van der Waals surface area (Å²) in [5.41, 5.74) is 0.797. The molecule has 6 nitrogen and oxygen atoms in total. The number of hydrogen-bond donors (Lipinski definition) is 2. The minimum Gasteiger partial charge on any atom is -0.346 e. The van der Waals surface area contributed by atoms with Crippen molar-refractivity contribution in [2.24, 2.45) is 11.8 Å². The highest BCUT2D eigenvalue weighted by Gasteiger charge is 2.23. The number of piperidine rings is 1. The van der Waals surface area contributed by atoms with Crippen molar-refractivity contribution in [3.8, 4) is 11.5 Å². The maximum Gasteiger partial charge on any atom is 0.257 e. The Balaban J connectivity index is 1.55. The highest BCUT2D eigenvalue weighted by molar-refractivity contribution is 6.30. The number of nitrogens with zero attached hydrogens (tertiary/aromatic N) is 2. The number of hydrogen-bond acceptors (Lipinski definition) is 5. The van der Waals surface area contributed by atoms with Crippen molar-refractivity contribution in [2.75, 3.05) is 13.1 Å². The molecule has 2 heterocycles. The maximum atomic E-state index is 12.4. The van der Waals surface area contributed by atoms with Gasteiger partial charge in [0.2, 0.25) is 5.91 Å². The molecule has 0 saturated carbocycles. The van der Waals surface area contributed by atoms with Gasteiger partial charge in [0, 0.05) is 17.0 Å². The summed E-state index contributed by atoms with van der Waals surface area (Å²) >= 11 is 5.89. The summed E-state index contributed by atoms with van der Waals surface area (Å²) in [5, 5.41) is 11.0. The molecule has 1 amide bonds. The zero-order valence-corrected chi connectivity index (χ0v) is 15.9. The summed E-state index contributed by atoms with van der Waals surface area (Å²) in [7, 11) is 0. The predicted octanol–water partition coefficient (Wildman–Crippen LogP) is 3.59. The van der Waals surface area contributed by atoms with Gasteiger partial charge in [-0.2, -0.15) is 4.98 Å². The predicted molar refractivity (Wildman–Crippen MR) is 101 cm³/mol. The molecule has 1 aromatic carbocycles. The smallest absolute Gasteiger partial charge is 0.257 e. The summed E-state index contributed by atoms with van der Waals surface area (Å²) in [6.07, 6.45) is 2.80. The molecule has 0 radical (unpaired) electrons. The van der Waals surface area contributed by atoms with Gasteiger partial charge in [-0.25, -0.2) is 0 Å². The second-order valence-electron chi connectivity index (χ2n) is 7.02. The monoisotopic (exact) mass is 376 g/mol. The third-order valence-corrected chi connectivity index (χ3v) is 5.25. The standard InChI is InChI=1S/C19H25ClN4O2/c1-12(14-7-9-21-10-8-14)11-17(25)22-13(2)18-23-19(26-24-18)15-3-5-16(20)6-4-15/h3-6,12-14,21H,7-11H2,1-2H3,(H,22,25). The van der Waals surface area contributed by atoms with E-state index in [0.717, 1.165) is 31.5 Å². The second-order valence-corrected chi connectivity index (χ2v) is 7.46. The Morgan fingerprint density at radius 3 is 2.69 bits per heavy atom. The number of halogens is 1. The van der Waals surface area contributed by atoms with E-state index in [1.54, 1.807) is 12.1 Å². The Hall–Kier alpha value is -1.92. The lowest BCUT2D eigenvalue weighted by Crippen LogP contribution is -2.34. The Morgan fingerprint density at radius 2 is 2.00 bits per heavy atom. The van der Waals surface area contributed by atoms with Crippen LogP contribution < -0.4 is 10.6 Å². The second kappa shape index (κ2) is 8.64. The van der Waals surface area contributed by atoms with Crippen LogP contribution in [-0.4, -0.2) is 29.1 Å². The molecule has 1 aliphatic rings. The highest BCUT2D eigenvalue weighted by atomic mass is 35.5. The van der Waals surface area contributed by atoms with Crippen molar-refractivity contribution in [3.63, 3.8) is 0 Å². The fourth-order valence-electron chi connectivity index (χ4n) is 3.36. The first-order chi connectivity index (χ1) is 12.5. The zero-order chi connectivity index (χ0) is 18.5. The van der Waals surface area contributed by atoms with Crippen LogP contribution >= 0.6 is 11.6 Å². The van der Waals surface area contributed by atoms with E-state index >= 15 is 0 Å². The van der Waals surface area contributed by atoms with Crippen molar-refractivity contribution in [2.45, 2.75) is 39.2 Å². The van der Waals surface area contributed by atoms with Gasteiger partial charge in [0.25, 0.3) is 5.89 Å². The normalized spacial score (nSPS) is 17.7. The Morgan fingerprint density at radius 1 is 1.31 bits per heavy atom. The van der Waals surface area contributed by atoms with Crippen LogP contribution in [0.5, 0.6) is 0 Å². The number of rotatable bonds is 6. The van der Waals surface area contributed by atoms with Crippen molar-refractivity contribution >= 4 is 17.5 Å². The first kappa shape index (κ1) is 18.9. The number of aromatic nitrogens is 2. The van der Waals surface area contributed by atoms with Gasteiger partial charge in [0.05, 0.1) is 6.04 Å². The molecule has 2 N–H and O–H groups in total. The van der Waals surface area contributed by atoms with Crippen LogP contribution in [0.2, 0.25) is 5.02 Å². The third-order valence-electron chi connectivity index (χ3n) is 4.99. The van der Waals surface area contributed by atoms with Crippen LogP contribution in [0.4, 0.5) is 0 Å². The van der Waals surface area contributed by atoms with Gasteiger partial charge < -0.3 is 15.2 Å². The van der Waals surface area contributed by atoms with Gasteiger partial charge in [-0.05, 0) is 69.0 Å². The van der Waals surface area contributed by atoms with Crippen LogP contribution in [0.3, 0.4) is 0 Å². The molecule has 1 aromatic heterocycles. The molecule has 0 spiro atoms. The van der Waals surface area contributed by atoms with E-state index in [9.17, 15) is 4.79 Å². The van der Waals surface area contributed by atoms with Crippen LogP contribution in [0.25, 0.3) is 11.5 Å². The van der Waals surface area contributed by atoms with E-state index < -0.39 is 0 Å². The molecule has 1 aliphatic heterocycles. The molecule has 0 bridgehead atoms. The number of benzene rings is 1. The molecule has 2 aromatic rings. The largest absolute Gasteiger partial charge is 0.346 e. The quantitative estimate of drug-likeness (QED) is 0.805. The molecule has 7 heteroatoms. The maximum absolute atomic E-state index is 12.4. The summed E-state index contributed by atoms with van der Waals surface area (Å²) in [6.45, 7) is 6.11. The molecule has 1 saturated heterocycles. The van der Waals surface area contributed by atoms with E-state index in [2.05, 4.69) is 27.7 Å². The molecule has 2 atom stereocenters. The fraction of sp³-hybridized carbons (Fsp3) is 0.526. The number of carbonyl (C=O) groups is 1. The van der Waals surface area contributed by atoms with Crippen molar-refractivity contribution in [1.82, 2.24) is 20.8 Å². The number of amides is 1. The molecule has 3 rings (SSSR count). The molecule has 1 fully saturated rings. The van der Waals surface area contributed by atoms with Crippen LogP contribution in [0.1, 0.15) is 45.0 Å². The van der Waals surface area contributed by atoms with Crippen LogP contribution in [0, 0.1) is 11.8 Å². The Kier molecular flexibility index (Phi) is 6.27. The van der Waals surface area contributed by atoms with Crippen molar-refractivity contribution in [1.29, 1.82) is 0 Å². The van der Waals surface area contributed by atoms with Gasteiger partial charge in [0.15, 0.2) is 5.82 Å². The lowest BCUT2D eigenvalue weighted by molar-refractivity contribution is -0.123. The molecule has 2 unspecified atom stereocenters. The highest BCUT2D eigenvalue weighted by Crippen LogP contribution is 2.25. The molecule has 140 valence electrons. The lowest BCUT2D eigenvalue weighted by atomic mass is 9.84. The van der Waals surface area contributed by atoms with E-state index in [-0.39, 0.29) is 11.9 Å². The first-order valence-electron chi connectivity index (χ1n) is 9.12. The van der Waals surface area contributed by atoms with Crippen molar-refractivity contribution in [3.05, 3.63) is 35.1 Å². The topological polar surface area (TPSA) is 80.0 Å². The summed E-state index contributed by atoms with van der Waals surface area (Å²) in [6, 6.07) is 6.89. The lowest BCUT2D eigenvalue weighted by Gasteiger charge is -2.28. The van der Waals surface area contributed by atoms with E-state index in [1.807, 2.05) is 19.1 Å². The number of carbonyl (C=O) groups excluding carboxylic acids is 1. The van der Waals surface area contributed by atoms with Gasteiger partial charge >= 0.3 is 0 Å².